The minimum atomic E-state index is -3.50. The van der Waals surface area contributed by atoms with E-state index >= 15 is 0 Å². The maximum Gasteiger partial charge on any atom is 0.271 e. The number of carbonyl (C=O) groups is 1. The summed E-state index contributed by atoms with van der Waals surface area (Å²) in [6.45, 7) is 3.84. The zero-order chi connectivity index (χ0) is 21.3. The van der Waals surface area contributed by atoms with E-state index in [-0.39, 0.29) is 16.8 Å². The second kappa shape index (κ2) is 7.88. The summed E-state index contributed by atoms with van der Waals surface area (Å²) in [5.41, 5.74) is 8.13. The van der Waals surface area contributed by atoms with Gasteiger partial charge in [-0.2, -0.15) is 5.10 Å². The number of hydrogen-bond acceptors (Lipinski definition) is 6. The van der Waals surface area contributed by atoms with Gasteiger partial charge in [0.15, 0.2) is 5.82 Å². The second-order valence-electron chi connectivity index (χ2n) is 7.24. The summed E-state index contributed by atoms with van der Waals surface area (Å²) < 4.78 is 28.7. The summed E-state index contributed by atoms with van der Waals surface area (Å²) in [6.07, 6.45) is 3.23. The number of carbonyl (C=O) groups excluding carboxylic acids is 1. The third-order valence-electron chi connectivity index (χ3n) is 4.62. The molecular weight excluding hydrogens is 404 g/mol. The van der Waals surface area contributed by atoms with Gasteiger partial charge >= 0.3 is 0 Å². The van der Waals surface area contributed by atoms with Crippen LogP contribution in [0.1, 0.15) is 34.6 Å². The molecule has 2 aromatic heterocycles. The Balaban J connectivity index is 1.36. The van der Waals surface area contributed by atoms with Gasteiger partial charge < -0.3 is 0 Å². The summed E-state index contributed by atoms with van der Waals surface area (Å²) in [7, 11) is -3.50. The molecule has 0 aliphatic heterocycles. The van der Waals surface area contributed by atoms with Gasteiger partial charge in [-0.3, -0.25) is 15.6 Å². The smallest absolute Gasteiger partial charge is 0.271 e. The molecule has 30 heavy (non-hydrogen) atoms. The quantitative estimate of drug-likeness (QED) is 0.498. The zero-order valence-electron chi connectivity index (χ0n) is 16.6. The van der Waals surface area contributed by atoms with Crippen LogP contribution < -0.4 is 15.6 Å². The number of anilines is 1. The number of pyridine rings is 1. The summed E-state index contributed by atoms with van der Waals surface area (Å²) >= 11 is 0. The molecule has 2 heterocycles. The molecule has 1 amide bonds. The van der Waals surface area contributed by atoms with Crippen LogP contribution in [0, 0.1) is 13.8 Å². The fourth-order valence-corrected chi connectivity index (χ4v) is 4.22. The molecule has 1 aromatic carbocycles. The minimum Gasteiger partial charge on any atom is -0.298 e. The molecule has 10 heteroatoms. The highest BCUT2D eigenvalue weighted by Gasteiger charge is 2.27. The predicted octanol–water partition coefficient (Wildman–Crippen LogP) is 2.08. The Morgan fingerprint density at radius 2 is 1.83 bits per heavy atom. The van der Waals surface area contributed by atoms with Crippen LogP contribution in [0.3, 0.4) is 0 Å². The normalized spacial score (nSPS) is 13.8. The first kappa shape index (κ1) is 20.0. The van der Waals surface area contributed by atoms with Crippen molar-refractivity contribution in [2.75, 3.05) is 5.43 Å². The largest absolute Gasteiger partial charge is 0.298 e. The van der Waals surface area contributed by atoms with Gasteiger partial charge in [-0.05, 0) is 69.2 Å². The Morgan fingerprint density at radius 3 is 2.40 bits per heavy atom. The highest BCUT2D eigenvalue weighted by atomic mass is 32.2. The van der Waals surface area contributed by atoms with Crippen LogP contribution in [0.15, 0.2) is 53.6 Å². The molecule has 0 unspecified atom stereocenters. The van der Waals surface area contributed by atoms with Crippen molar-refractivity contribution in [2.24, 2.45) is 0 Å². The van der Waals surface area contributed by atoms with Crippen LogP contribution in [0.2, 0.25) is 0 Å². The van der Waals surface area contributed by atoms with Gasteiger partial charge in [-0.15, -0.1) is 0 Å². The molecule has 0 atom stereocenters. The molecule has 0 saturated heterocycles. The highest BCUT2D eigenvalue weighted by molar-refractivity contribution is 7.89. The van der Waals surface area contributed by atoms with Gasteiger partial charge in [0.1, 0.15) is 0 Å². The van der Waals surface area contributed by atoms with Crippen molar-refractivity contribution >= 4 is 21.6 Å². The standard InChI is InChI=1S/C20H22N6O3S/c1-13-11-14(2)26(24-13)19-10-3-15(12-21-19)20(27)23-22-16-6-8-18(9-7-16)30(28,29)25-17-4-5-17/h3,6-12,17,22,25H,4-5H2,1-2H3,(H,23,27). The third kappa shape index (κ3) is 4.50. The van der Waals surface area contributed by atoms with Crippen LogP contribution >= 0.6 is 0 Å². The molecule has 0 radical (unpaired) electrons. The molecule has 156 valence electrons. The minimum absolute atomic E-state index is 0.0494. The molecule has 1 fully saturated rings. The molecule has 0 bridgehead atoms. The number of nitrogens with one attached hydrogen (secondary N) is 3. The Labute approximate surface area is 174 Å². The number of benzene rings is 1. The number of aryl methyl sites for hydroxylation is 2. The molecule has 1 aliphatic carbocycles. The molecular formula is C20H22N6O3S. The molecule has 9 nitrogen and oxygen atoms in total. The van der Waals surface area contributed by atoms with Gasteiger partial charge in [0.05, 0.1) is 21.8 Å². The number of sulfonamides is 1. The summed E-state index contributed by atoms with van der Waals surface area (Å²) in [4.78, 5) is 16.8. The van der Waals surface area contributed by atoms with E-state index in [1.165, 1.54) is 18.3 Å². The molecule has 3 aromatic rings. The monoisotopic (exact) mass is 426 g/mol. The van der Waals surface area contributed by atoms with Gasteiger partial charge in [0.25, 0.3) is 5.91 Å². The number of amides is 1. The lowest BCUT2D eigenvalue weighted by atomic mass is 10.2. The van der Waals surface area contributed by atoms with E-state index in [0.29, 0.717) is 17.1 Å². The van der Waals surface area contributed by atoms with Crippen molar-refractivity contribution in [3.05, 3.63) is 65.6 Å². The average Bonchev–Trinajstić information content (AvgIpc) is 3.47. The predicted molar refractivity (Wildman–Crippen MR) is 112 cm³/mol. The van der Waals surface area contributed by atoms with Crippen molar-refractivity contribution in [2.45, 2.75) is 37.6 Å². The summed E-state index contributed by atoms with van der Waals surface area (Å²) in [6, 6.07) is 11.5. The first-order valence-corrected chi connectivity index (χ1v) is 11.0. The van der Waals surface area contributed by atoms with E-state index in [9.17, 15) is 13.2 Å². The lowest BCUT2D eigenvalue weighted by Crippen LogP contribution is -2.29. The van der Waals surface area contributed by atoms with Gasteiger partial charge in [-0.1, -0.05) is 0 Å². The van der Waals surface area contributed by atoms with Gasteiger partial charge in [-0.25, -0.2) is 22.8 Å². The maximum atomic E-state index is 12.3. The van der Waals surface area contributed by atoms with E-state index in [0.717, 1.165) is 24.2 Å². The van der Waals surface area contributed by atoms with E-state index < -0.39 is 10.0 Å². The van der Waals surface area contributed by atoms with Crippen molar-refractivity contribution in [3.63, 3.8) is 0 Å². The fourth-order valence-electron chi connectivity index (χ4n) is 2.91. The third-order valence-corrected chi connectivity index (χ3v) is 6.16. The second-order valence-corrected chi connectivity index (χ2v) is 8.96. The lowest BCUT2D eigenvalue weighted by Gasteiger charge is -2.10. The molecule has 0 spiro atoms. The van der Waals surface area contributed by atoms with Gasteiger partial charge in [0, 0.05) is 17.9 Å². The van der Waals surface area contributed by atoms with Crippen molar-refractivity contribution < 1.29 is 13.2 Å². The maximum absolute atomic E-state index is 12.3. The average molecular weight is 427 g/mol. The number of nitrogens with zero attached hydrogens (tertiary/aromatic N) is 3. The van der Waals surface area contributed by atoms with Crippen LogP contribution in [0.4, 0.5) is 5.69 Å². The Morgan fingerprint density at radius 1 is 1.10 bits per heavy atom. The molecule has 1 aliphatic rings. The fraction of sp³-hybridized carbons (Fsp3) is 0.250. The highest BCUT2D eigenvalue weighted by Crippen LogP contribution is 2.22. The molecule has 1 saturated carbocycles. The van der Waals surface area contributed by atoms with E-state index in [2.05, 4.69) is 25.7 Å². The van der Waals surface area contributed by atoms with Crippen molar-refractivity contribution in [3.8, 4) is 5.82 Å². The number of hydrazine groups is 1. The first-order valence-electron chi connectivity index (χ1n) is 9.50. The summed E-state index contributed by atoms with van der Waals surface area (Å²) in [5, 5.41) is 4.37. The van der Waals surface area contributed by atoms with E-state index in [1.54, 1.807) is 28.9 Å². The SMILES string of the molecule is Cc1cc(C)n(-c2ccc(C(=O)NNc3ccc(S(=O)(=O)NC4CC4)cc3)cn2)n1. The Hall–Kier alpha value is -3.24. The van der Waals surface area contributed by atoms with E-state index in [1.807, 2.05) is 19.9 Å². The van der Waals surface area contributed by atoms with Crippen LogP contribution in [-0.2, 0) is 10.0 Å². The van der Waals surface area contributed by atoms with Crippen LogP contribution in [0.25, 0.3) is 5.82 Å². The summed E-state index contributed by atoms with van der Waals surface area (Å²) in [5.74, 6) is 0.260. The lowest BCUT2D eigenvalue weighted by molar-refractivity contribution is 0.0962. The van der Waals surface area contributed by atoms with Gasteiger partial charge in [0.2, 0.25) is 10.0 Å². The van der Waals surface area contributed by atoms with Crippen molar-refractivity contribution in [1.29, 1.82) is 0 Å². The van der Waals surface area contributed by atoms with E-state index in [4.69, 9.17) is 0 Å². The Kier molecular flexibility index (Phi) is 5.27. The first-order chi connectivity index (χ1) is 14.3. The zero-order valence-corrected chi connectivity index (χ0v) is 17.4. The molecule has 4 rings (SSSR count). The Bertz CT molecular complexity index is 1170. The van der Waals surface area contributed by atoms with Crippen LogP contribution in [0.5, 0.6) is 0 Å². The number of aromatic nitrogens is 3. The van der Waals surface area contributed by atoms with Crippen molar-refractivity contribution in [1.82, 2.24) is 24.9 Å². The van der Waals surface area contributed by atoms with Crippen LogP contribution in [-0.4, -0.2) is 35.1 Å². The number of rotatable bonds is 7. The number of hydrogen-bond donors (Lipinski definition) is 3. The topological polar surface area (TPSA) is 118 Å². The molecule has 3 N–H and O–H groups in total.